The number of aromatic nitrogens is 1. The molecular weight excluding hydrogens is 729 g/mol. The van der Waals surface area contributed by atoms with E-state index in [1.165, 1.54) is 29.0 Å². The summed E-state index contributed by atoms with van der Waals surface area (Å²) in [5, 5.41) is 48.8. The van der Waals surface area contributed by atoms with Crippen LogP contribution in [0.25, 0.3) is 0 Å². The Morgan fingerprint density at radius 3 is 2.38 bits per heavy atom. The second-order valence-corrected chi connectivity index (χ2v) is 12.5. The highest BCUT2D eigenvalue weighted by atomic mass is 16.5. The van der Waals surface area contributed by atoms with Gasteiger partial charge in [0.2, 0.25) is 11.8 Å². The van der Waals surface area contributed by atoms with Crippen LogP contribution in [0.4, 0.5) is 10.5 Å². The molecule has 17 nitrogen and oxygen atoms in total. The van der Waals surface area contributed by atoms with E-state index in [2.05, 4.69) is 27.8 Å². The van der Waals surface area contributed by atoms with Crippen molar-refractivity contribution in [2.75, 3.05) is 38.3 Å². The number of aryl methyl sites for hydroxylation is 1. The third kappa shape index (κ3) is 17.7. The topological polar surface area (TPSA) is 247 Å². The monoisotopic (exact) mass is 784 g/mol. The third-order valence-electron chi connectivity index (χ3n) is 7.99. The zero-order valence-electron chi connectivity index (χ0n) is 32.8. The van der Waals surface area contributed by atoms with Crippen LogP contribution < -0.4 is 31.4 Å². The molecule has 1 radical (unpaired) electrons. The second-order valence-electron chi connectivity index (χ2n) is 12.5. The molecule has 0 aliphatic carbocycles. The van der Waals surface area contributed by atoms with E-state index in [-0.39, 0.29) is 49.1 Å². The van der Waals surface area contributed by atoms with Crippen molar-refractivity contribution in [3.8, 4) is 5.75 Å². The molecule has 0 aromatic carbocycles. The van der Waals surface area contributed by atoms with Gasteiger partial charge >= 0.3 is 19.6 Å². The van der Waals surface area contributed by atoms with Crippen molar-refractivity contribution in [2.24, 2.45) is 0 Å². The van der Waals surface area contributed by atoms with Gasteiger partial charge in [-0.25, -0.2) is 4.79 Å². The van der Waals surface area contributed by atoms with Crippen molar-refractivity contribution in [1.82, 2.24) is 20.4 Å². The molecule has 1 unspecified atom stereocenters. The number of amides is 4. The SMILES string of the molecule is C=C(O)/C=C(\C=C/C)[C@H](CC(=O)O)NC(=O)Nc1c(O[B]NC(=O)COCC(=O)NCCOC(C)(CC)CCO)c(C)cn(CC(=C/C=C\C)/C(O)=C\C)c1=O. The number of rotatable bonds is 25. The average molecular weight is 785 g/mol. The lowest BCUT2D eigenvalue weighted by atomic mass is 9.99. The standard InChI is InChI=1S/C38H55BN5O12/c1-8-12-14-28(30(47)10-3)22-44-21-25(5)35(34(36(44)52)42-37(53)41-29(20-33(50)51)27(13-9-2)19-26(6)46)56-39-43-32(49)24-54-23-31(48)40-16-18-55-38(7,11-4)15-17-45/h8-10,12-14,19,21,29,45-47H,6,11,15-18,20,22-24H2,1-5,7H3,(H,40,48)(H,43,49)(H,50,51)(H2,41,42,53)/b12-8-,13-9-,27-19+,28-14-,30-10+/t29-,38?/m0/s1. The molecule has 1 aromatic rings. The van der Waals surface area contributed by atoms with Gasteiger partial charge in [0.1, 0.15) is 36.2 Å². The summed E-state index contributed by atoms with van der Waals surface area (Å²) in [6.07, 6.45) is 12.6. The molecule has 8 N–H and O–H groups in total. The number of urea groups is 1. The van der Waals surface area contributed by atoms with Gasteiger partial charge in [0.25, 0.3) is 5.56 Å². The summed E-state index contributed by atoms with van der Waals surface area (Å²) in [6, 6.07) is -2.19. The number of anilines is 1. The molecule has 0 aliphatic rings. The number of pyridine rings is 1. The average Bonchev–Trinajstić information content (AvgIpc) is 3.13. The lowest BCUT2D eigenvalue weighted by Crippen LogP contribution is -2.42. The van der Waals surface area contributed by atoms with E-state index < -0.39 is 66.3 Å². The van der Waals surface area contributed by atoms with Crippen molar-refractivity contribution in [2.45, 2.75) is 79.0 Å². The molecule has 2 atom stereocenters. The van der Waals surface area contributed by atoms with Gasteiger partial charge < -0.3 is 60.3 Å². The minimum Gasteiger partial charge on any atom is -0.541 e. The molecular formula is C38H55BN5O12. The lowest BCUT2D eigenvalue weighted by molar-refractivity contribution is -0.137. The van der Waals surface area contributed by atoms with E-state index in [9.17, 15) is 44.4 Å². The largest absolute Gasteiger partial charge is 0.541 e. The maximum atomic E-state index is 13.9. The van der Waals surface area contributed by atoms with Gasteiger partial charge in [-0.15, -0.1) is 0 Å². The van der Waals surface area contributed by atoms with Crippen LogP contribution in [0.1, 0.15) is 59.4 Å². The number of nitrogens with zero attached hydrogens (tertiary/aromatic N) is 1. The van der Waals surface area contributed by atoms with Crippen molar-refractivity contribution in [1.29, 1.82) is 0 Å². The molecule has 1 rings (SSSR count). The minimum absolute atomic E-state index is 0.0230. The van der Waals surface area contributed by atoms with Crippen molar-refractivity contribution in [3.05, 3.63) is 93.9 Å². The number of carbonyl (C=O) groups excluding carboxylic acids is 3. The first-order valence-electron chi connectivity index (χ1n) is 17.8. The van der Waals surface area contributed by atoms with Crippen molar-refractivity contribution >= 4 is 37.1 Å². The summed E-state index contributed by atoms with van der Waals surface area (Å²) in [6.45, 7) is 13.1. The number of hydrogen-bond donors (Lipinski definition) is 8. The van der Waals surface area contributed by atoms with Crippen LogP contribution in [0.15, 0.2) is 82.8 Å². The van der Waals surface area contributed by atoms with Gasteiger partial charge in [0.05, 0.1) is 31.2 Å². The van der Waals surface area contributed by atoms with Crippen LogP contribution in [0.2, 0.25) is 0 Å². The van der Waals surface area contributed by atoms with Crippen LogP contribution in [0.3, 0.4) is 0 Å². The lowest BCUT2D eigenvalue weighted by Gasteiger charge is -2.28. The van der Waals surface area contributed by atoms with Crippen LogP contribution in [0, 0.1) is 6.92 Å². The quantitative estimate of drug-likeness (QED) is 0.0308. The summed E-state index contributed by atoms with van der Waals surface area (Å²) in [4.78, 5) is 63.6. The Hall–Kier alpha value is -5.59. The number of aliphatic hydroxyl groups is 3. The number of carboxylic acid groups (broad SMARTS) is 1. The van der Waals surface area contributed by atoms with Gasteiger partial charge in [-0.05, 0) is 65.2 Å². The van der Waals surface area contributed by atoms with Crippen LogP contribution >= 0.6 is 0 Å². The zero-order chi connectivity index (χ0) is 42.3. The highest BCUT2D eigenvalue weighted by molar-refractivity contribution is 6.31. The number of nitrogens with one attached hydrogen (secondary N) is 4. The van der Waals surface area contributed by atoms with Crippen molar-refractivity contribution in [3.63, 3.8) is 0 Å². The molecule has 1 aromatic heterocycles. The Bertz CT molecular complexity index is 1730. The molecule has 0 bridgehead atoms. The van der Waals surface area contributed by atoms with E-state index in [0.29, 0.717) is 24.0 Å². The zero-order valence-corrected chi connectivity index (χ0v) is 32.8. The summed E-state index contributed by atoms with van der Waals surface area (Å²) >= 11 is 0. The molecule has 4 amide bonds. The summed E-state index contributed by atoms with van der Waals surface area (Å²) in [5.74, 6) is -3.13. The first-order chi connectivity index (χ1) is 26.5. The number of carboxylic acids is 1. The van der Waals surface area contributed by atoms with Gasteiger partial charge in [-0.2, -0.15) is 0 Å². The molecule has 18 heteroatoms. The van der Waals surface area contributed by atoms with Gasteiger partial charge in [0.15, 0.2) is 0 Å². The fourth-order valence-electron chi connectivity index (χ4n) is 4.91. The molecule has 0 saturated carbocycles. The Morgan fingerprint density at radius 1 is 1.09 bits per heavy atom. The highest BCUT2D eigenvalue weighted by Crippen LogP contribution is 2.26. The smallest absolute Gasteiger partial charge is 0.521 e. The maximum Gasteiger partial charge on any atom is 0.521 e. The molecule has 56 heavy (non-hydrogen) atoms. The third-order valence-corrected chi connectivity index (χ3v) is 7.99. The van der Waals surface area contributed by atoms with Gasteiger partial charge in [0, 0.05) is 30.5 Å². The number of carbonyl (C=O) groups is 4. The predicted octanol–water partition coefficient (Wildman–Crippen LogP) is 3.39. The Labute approximate surface area is 327 Å². The number of aliphatic carboxylic acids is 1. The first-order valence-corrected chi connectivity index (χ1v) is 17.8. The maximum absolute atomic E-state index is 13.9. The number of hydrogen-bond acceptors (Lipinski definition) is 11. The summed E-state index contributed by atoms with van der Waals surface area (Å²) in [7, 11) is 0.853. The van der Waals surface area contributed by atoms with Crippen LogP contribution in [0.5, 0.6) is 5.75 Å². The molecule has 0 fully saturated rings. The van der Waals surface area contributed by atoms with Crippen LogP contribution in [-0.4, -0.2) is 101 Å². The summed E-state index contributed by atoms with van der Waals surface area (Å²) < 4.78 is 17.8. The number of aliphatic hydroxyl groups excluding tert-OH is 3. The van der Waals surface area contributed by atoms with E-state index in [4.69, 9.17) is 14.1 Å². The Morgan fingerprint density at radius 2 is 1.79 bits per heavy atom. The molecule has 0 aliphatic heterocycles. The van der Waals surface area contributed by atoms with Crippen molar-refractivity contribution < 1.29 is 53.7 Å². The minimum atomic E-state index is -1.27. The van der Waals surface area contributed by atoms with E-state index in [1.807, 2.05) is 13.8 Å². The van der Waals surface area contributed by atoms with Gasteiger partial charge in [-0.1, -0.05) is 43.9 Å². The Kier molecular flexibility index (Phi) is 22.0. The predicted molar refractivity (Wildman–Crippen MR) is 212 cm³/mol. The van der Waals surface area contributed by atoms with Crippen LogP contribution in [-0.2, 0) is 30.4 Å². The number of ether oxygens (including phenoxy) is 2. The molecule has 0 spiro atoms. The first kappa shape index (κ1) is 48.4. The second kappa shape index (κ2) is 25.5. The fraction of sp³-hybridized carbons (Fsp3) is 0.447. The van der Waals surface area contributed by atoms with Gasteiger partial charge in [-0.3, -0.25) is 19.2 Å². The number of allylic oxidation sites excluding steroid dienone is 7. The van der Waals surface area contributed by atoms with E-state index in [1.54, 1.807) is 52.0 Å². The summed E-state index contributed by atoms with van der Waals surface area (Å²) in [5.41, 5.74) is -0.828. The fourth-order valence-corrected chi connectivity index (χ4v) is 4.91. The van der Waals surface area contributed by atoms with E-state index >= 15 is 0 Å². The molecule has 1 heterocycles. The Balaban J connectivity index is 3.22. The molecule has 307 valence electrons. The normalized spacial score (nSPS) is 13.9. The highest BCUT2D eigenvalue weighted by Gasteiger charge is 2.24. The van der Waals surface area contributed by atoms with E-state index in [0.717, 1.165) is 7.62 Å². The molecule has 0 saturated heterocycles.